The molecule has 16 heavy (non-hydrogen) atoms. The van der Waals surface area contributed by atoms with E-state index in [4.69, 9.17) is 10.2 Å². The molecule has 86 valence electrons. The number of nitrogens with zero attached hydrogens (tertiary/aromatic N) is 2. The lowest BCUT2D eigenvalue weighted by Crippen LogP contribution is -2.48. The third kappa shape index (κ3) is 1.99. The van der Waals surface area contributed by atoms with Crippen molar-refractivity contribution in [3.8, 4) is 0 Å². The van der Waals surface area contributed by atoms with E-state index in [-0.39, 0.29) is 18.6 Å². The third-order valence-electron chi connectivity index (χ3n) is 2.94. The van der Waals surface area contributed by atoms with Crippen LogP contribution in [-0.4, -0.2) is 33.9 Å². The van der Waals surface area contributed by atoms with Gasteiger partial charge in [-0.2, -0.15) is 0 Å². The van der Waals surface area contributed by atoms with E-state index in [1.807, 2.05) is 0 Å². The van der Waals surface area contributed by atoms with Gasteiger partial charge in [-0.15, -0.1) is 0 Å². The number of aliphatic hydroxyl groups is 1. The predicted molar refractivity (Wildman–Crippen MR) is 58.3 cm³/mol. The summed E-state index contributed by atoms with van der Waals surface area (Å²) in [7, 11) is 0. The molecule has 1 aliphatic carbocycles. The smallest absolute Gasteiger partial charge is 0.413 e. The Labute approximate surface area is 93.3 Å². The fourth-order valence-electron chi connectivity index (χ4n) is 2.00. The van der Waals surface area contributed by atoms with E-state index in [2.05, 4.69) is 4.98 Å². The van der Waals surface area contributed by atoms with Crippen molar-refractivity contribution in [3.63, 3.8) is 0 Å². The van der Waals surface area contributed by atoms with Crippen molar-refractivity contribution in [3.05, 3.63) is 24.4 Å². The number of pyridine rings is 1. The molecule has 0 radical (unpaired) electrons. The molecular weight excluding hydrogens is 208 g/mol. The van der Waals surface area contributed by atoms with Gasteiger partial charge in [0.2, 0.25) is 0 Å². The number of aromatic nitrogens is 1. The molecule has 0 aromatic carbocycles. The monoisotopic (exact) mass is 222 g/mol. The van der Waals surface area contributed by atoms with Gasteiger partial charge in [0, 0.05) is 18.8 Å². The molecule has 1 heterocycles. The van der Waals surface area contributed by atoms with Crippen LogP contribution in [0, 0.1) is 5.92 Å². The van der Waals surface area contributed by atoms with E-state index >= 15 is 0 Å². The summed E-state index contributed by atoms with van der Waals surface area (Å²) in [5, 5.41) is 18.1. The first-order valence-corrected chi connectivity index (χ1v) is 5.26. The number of aliphatic hydroxyl groups excluding tert-OH is 1. The van der Waals surface area contributed by atoms with Crippen LogP contribution in [0.5, 0.6) is 0 Å². The van der Waals surface area contributed by atoms with Crippen LogP contribution >= 0.6 is 0 Å². The van der Waals surface area contributed by atoms with Crippen molar-refractivity contribution in [2.75, 3.05) is 11.5 Å². The maximum absolute atomic E-state index is 11.2. The SMILES string of the molecule is O=C(O)N(c1ccccn1)C1CC(CO)C1. The van der Waals surface area contributed by atoms with Gasteiger partial charge in [-0.25, -0.2) is 9.78 Å². The second-order valence-corrected chi connectivity index (χ2v) is 4.01. The van der Waals surface area contributed by atoms with Crippen molar-refractivity contribution < 1.29 is 15.0 Å². The van der Waals surface area contributed by atoms with E-state index in [0.29, 0.717) is 18.7 Å². The summed E-state index contributed by atoms with van der Waals surface area (Å²) in [6, 6.07) is 5.14. The number of amides is 1. The maximum atomic E-state index is 11.2. The highest BCUT2D eigenvalue weighted by atomic mass is 16.4. The molecule has 0 aliphatic heterocycles. The quantitative estimate of drug-likeness (QED) is 0.809. The molecule has 1 aromatic heterocycles. The number of carboxylic acid groups (broad SMARTS) is 1. The molecule has 2 rings (SSSR count). The summed E-state index contributed by atoms with van der Waals surface area (Å²) in [6.07, 6.45) is 2.01. The molecular formula is C11H14N2O3. The summed E-state index contributed by atoms with van der Waals surface area (Å²) in [4.78, 5) is 16.5. The molecule has 5 heteroatoms. The van der Waals surface area contributed by atoms with Crippen molar-refractivity contribution in [1.82, 2.24) is 4.98 Å². The Bertz CT molecular complexity index is 363. The van der Waals surface area contributed by atoms with Crippen LogP contribution in [0.3, 0.4) is 0 Å². The zero-order chi connectivity index (χ0) is 11.5. The average Bonchev–Trinajstić information content (AvgIpc) is 2.23. The third-order valence-corrected chi connectivity index (χ3v) is 2.94. The van der Waals surface area contributed by atoms with Gasteiger partial charge in [-0.3, -0.25) is 4.90 Å². The van der Waals surface area contributed by atoms with E-state index in [9.17, 15) is 4.79 Å². The summed E-state index contributed by atoms with van der Waals surface area (Å²) in [5.74, 6) is 0.687. The van der Waals surface area contributed by atoms with Crippen molar-refractivity contribution in [2.45, 2.75) is 18.9 Å². The van der Waals surface area contributed by atoms with E-state index in [1.54, 1.807) is 24.4 Å². The van der Waals surface area contributed by atoms with Crippen LogP contribution in [0.1, 0.15) is 12.8 Å². The molecule has 5 nitrogen and oxygen atoms in total. The summed E-state index contributed by atoms with van der Waals surface area (Å²) >= 11 is 0. The lowest BCUT2D eigenvalue weighted by molar-refractivity contribution is 0.133. The van der Waals surface area contributed by atoms with Crippen LogP contribution < -0.4 is 4.90 Å². The van der Waals surface area contributed by atoms with Crippen LogP contribution in [0.25, 0.3) is 0 Å². The van der Waals surface area contributed by atoms with Gasteiger partial charge in [0.25, 0.3) is 0 Å². The van der Waals surface area contributed by atoms with E-state index < -0.39 is 6.09 Å². The average molecular weight is 222 g/mol. The molecule has 0 bridgehead atoms. The second-order valence-electron chi connectivity index (χ2n) is 4.01. The number of anilines is 1. The van der Waals surface area contributed by atoms with Gasteiger partial charge < -0.3 is 10.2 Å². The minimum absolute atomic E-state index is 0.0513. The molecule has 0 spiro atoms. The molecule has 1 aromatic rings. The Morgan fingerprint density at radius 3 is 2.75 bits per heavy atom. The van der Waals surface area contributed by atoms with Crippen molar-refractivity contribution in [1.29, 1.82) is 0 Å². The molecule has 0 unspecified atom stereocenters. The zero-order valence-electron chi connectivity index (χ0n) is 8.78. The van der Waals surface area contributed by atoms with Crippen LogP contribution in [-0.2, 0) is 0 Å². The molecule has 0 saturated heterocycles. The first-order chi connectivity index (χ1) is 7.72. The minimum atomic E-state index is -0.986. The van der Waals surface area contributed by atoms with Gasteiger partial charge in [0.15, 0.2) is 0 Å². The number of hydrogen-bond acceptors (Lipinski definition) is 3. The minimum Gasteiger partial charge on any atom is -0.465 e. The fraction of sp³-hybridized carbons (Fsp3) is 0.455. The van der Waals surface area contributed by atoms with Gasteiger partial charge in [0.1, 0.15) is 5.82 Å². The Morgan fingerprint density at radius 2 is 2.25 bits per heavy atom. The molecule has 0 atom stereocenters. The molecule has 1 amide bonds. The Balaban J connectivity index is 2.11. The van der Waals surface area contributed by atoms with E-state index in [0.717, 1.165) is 0 Å². The molecule has 1 saturated carbocycles. The fourth-order valence-corrected chi connectivity index (χ4v) is 2.00. The van der Waals surface area contributed by atoms with Crippen LogP contribution in [0.15, 0.2) is 24.4 Å². The maximum Gasteiger partial charge on any atom is 0.413 e. The topological polar surface area (TPSA) is 73.7 Å². The standard InChI is InChI=1S/C11H14N2O3/c14-7-8-5-9(6-8)13(11(15)16)10-3-1-2-4-12-10/h1-4,8-9,14H,5-7H2,(H,15,16). The Kier molecular flexibility index (Phi) is 3.05. The van der Waals surface area contributed by atoms with Crippen molar-refractivity contribution >= 4 is 11.9 Å². The van der Waals surface area contributed by atoms with Gasteiger partial charge in [-0.05, 0) is 30.9 Å². The first kappa shape index (κ1) is 10.9. The molecule has 1 aliphatic rings. The lowest BCUT2D eigenvalue weighted by atomic mass is 9.80. The van der Waals surface area contributed by atoms with E-state index in [1.165, 1.54) is 4.90 Å². The molecule has 1 fully saturated rings. The number of rotatable bonds is 3. The number of carbonyl (C=O) groups is 1. The van der Waals surface area contributed by atoms with Gasteiger partial charge >= 0.3 is 6.09 Å². The summed E-state index contributed by atoms with van der Waals surface area (Å²) in [5.41, 5.74) is 0. The first-order valence-electron chi connectivity index (χ1n) is 5.26. The Morgan fingerprint density at radius 1 is 1.50 bits per heavy atom. The summed E-state index contributed by atoms with van der Waals surface area (Å²) < 4.78 is 0. The predicted octanol–water partition coefficient (Wildman–Crippen LogP) is 1.34. The van der Waals surface area contributed by atoms with Gasteiger partial charge in [0.05, 0.1) is 0 Å². The Hall–Kier alpha value is -1.62. The van der Waals surface area contributed by atoms with Gasteiger partial charge in [-0.1, -0.05) is 6.07 Å². The largest absolute Gasteiger partial charge is 0.465 e. The van der Waals surface area contributed by atoms with Crippen LogP contribution in [0.2, 0.25) is 0 Å². The highest BCUT2D eigenvalue weighted by Gasteiger charge is 2.36. The highest BCUT2D eigenvalue weighted by Crippen LogP contribution is 2.33. The highest BCUT2D eigenvalue weighted by molar-refractivity contribution is 5.85. The van der Waals surface area contributed by atoms with Crippen molar-refractivity contribution in [2.24, 2.45) is 5.92 Å². The number of hydrogen-bond donors (Lipinski definition) is 2. The second kappa shape index (κ2) is 4.49. The zero-order valence-corrected chi connectivity index (χ0v) is 8.78. The summed E-state index contributed by atoms with van der Waals surface area (Å²) in [6.45, 7) is 0.131. The lowest BCUT2D eigenvalue weighted by Gasteiger charge is -2.40. The van der Waals surface area contributed by atoms with Crippen LogP contribution in [0.4, 0.5) is 10.6 Å². The molecule has 2 N–H and O–H groups in total. The normalized spacial score (nSPS) is 23.6.